The second kappa shape index (κ2) is 3.86. The third-order valence-electron chi connectivity index (χ3n) is 3.24. The molecule has 2 aromatic heterocycles. The Morgan fingerprint density at radius 3 is 2.95 bits per heavy atom. The Morgan fingerprint density at radius 1 is 1.16 bits per heavy atom. The minimum Gasteiger partial charge on any atom is -0.383 e. The number of thiophene rings is 1. The molecule has 0 saturated carbocycles. The van der Waals surface area contributed by atoms with E-state index in [9.17, 15) is 0 Å². The van der Waals surface area contributed by atoms with E-state index in [1.165, 1.54) is 16.4 Å². The number of benzene rings is 1. The molecule has 0 amide bonds. The van der Waals surface area contributed by atoms with Gasteiger partial charge in [-0.2, -0.15) is 0 Å². The minimum absolute atomic E-state index is 0.513. The number of nitrogen functional groups attached to an aromatic ring is 1. The maximum Gasteiger partial charge on any atom is 0.136 e. The summed E-state index contributed by atoms with van der Waals surface area (Å²) in [5.74, 6) is 0.513. The van der Waals surface area contributed by atoms with E-state index in [0.29, 0.717) is 12.4 Å². The van der Waals surface area contributed by atoms with Crippen molar-refractivity contribution in [2.45, 2.75) is 6.54 Å². The van der Waals surface area contributed by atoms with Crippen LogP contribution >= 0.6 is 11.3 Å². The third kappa shape index (κ3) is 1.55. The Hall–Kier alpha value is -2.27. The number of rotatable bonds is 1. The fraction of sp³-hybridized carbons (Fsp3) is 0.0714. The number of aliphatic imine (C=N–C) groups is 1. The number of aromatic nitrogens is 2. The first kappa shape index (κ1) is 10.6. The molecule has 0 atom stereocenters. The molecule has 0 saturated heterocycles. The summed E-state index contributed by atoms with van der Waals surface area (Å²) in [7, 11) is 0. The number of nitrogens with zero attached hydrogens (tertiary/aromatic N) is 3. The molecule has 5 heteroatoms. The summed E-state index contributed by atoms with van der Waals surface area (Å²) in [6.45, 7) is 0.589. The van der Waals surface area contributed by atoms with Crippen LogP contribution in [0.4, 0.5) is 5.82 Å². The minimum atomic E-state index is 0.513. The van der Waals surface area contributed by atoms with Gasteiger partial charge in [-0.1, -0.05) is 18.2 Å². The first-order chi connectivity index (χ1) is 9.33. The highest BCUT2D eigenvalue weighted by Gasteiger charge is 2.23. The summed E-state index contributed by atoms with van der Waals surface area (Å²) in [6.07, 6.45) is 1.50. The SMILES string of the molecule is Nc1ncnc2c1C(c1cc3ccccc3s1)=NC2. The van der Waals surface area contributed by atoms with E-state index in [1.54, 1.807) is 11.3 Å². The Balaban J connectivity index is 1.92. The van der Waals surface area contributed by atoms with Gasteiger partial charge in [0.2, 0.25) is 0 Å². The van der Waals surface area contributed by atoms with Crippen molar-refractivity contribution in [1.29, 1.82) is 0 Å². The van der Waals surface area contributed by atoms with Crippen molar-refractivity contribution in [1.82, 2.24) is 9.97 Å². The van der Waals surface area contributed by atoms with Gasteiger partial charge in [0.1, 0.15) is 12.1 Å². The Bertz CT molecular complexity index is 786. The van der Waals surface area contributed by atoms with E-state index in [0.717, 1.165) is 21.8 Å². The van der Waals surface area contributed by atoms with Gasteiger partial charge in [-0.15, -0.1) is 11.3 Å². The Kier molecular flexibility index (Phi) is 2.16. The van der Waals surface area contributed by atoms with Crippen LogP contribution in [0, 0.1) is 0 Å². The van der Waals surface area contributed by atoms with Gasteiger partial charge in [0.15, 0.2) is 0 Å². The van der Waals surface area contributed by atoms with Crippen LogP contribution in [0.15, 0.2) is 41.7 Å². The molecule has 1 aliphatic rings. The molecular weight excluding hydrogens is 256 g/mol. The lowest BCUT2D eigenvalue weighted by Gasteiger charge is -2.02. The predicted octanol–water partition coefficient (Wildman–Crippen LogP) is 2.62. The molecule has 0 fully saturated rings. The van der Waals surface area contributed by atoms with Crippen molar-refractivity contribution in [2.24, 2.45) is 4.99 Å². The molecule has 0 unspecified atom stereocenters. The van der Waals surface area contributed by atoms with Gasteiger partial charge in [0, 0.05) is 4.70 Å². The Morgan fingerprint density at radius 2 is 2.05 bits per heavy atom. The lowest BCUT2D eigenvalue weighted by Crippen LogP contribution is -2.06. The van der Waals surface area contributed by atoms with Gasteiger partial charge < -0.3 is 5.73 Å². The third-order valence-corrected chi connectivity index (χ3v) is 4.36. The number of nitrogens with two attached hydrogens (primary N) is 1. The van der Waals surface area contributed by atoms with Gasteiger partial charge in [0.05, 0.1) is 28.4 Å². The lowest BCUT2D eigenvalue weighted by molar-refractivity contribution is 0.997. The predicted molar refractivity (Wildman–Crippen MR) is 77.6 cm³/mol. The molecule has 4 nitrogen and oxygen atoms in total. The normalized spacial score (nSPS) is 13.6. The average Bonchev–Trinajstić information content (AvgIpc) is 3.02. The molecule has 0 spiro atoms. The summed E-state index contributed by atoms with van der Waals surface area (Å²) < 4.78 is 1.25. The molecule has 1 aliphatic heterocycles. The number of fused-ring (bicyclic) bond motifs is 2. The average molecular weight is 266 g/mol. The van der Waals surface area contributed by atoms with Crippen LogP contribution in [0.2, 0.25) is 0 Å². The Labute approximate surface area is 113 Å². The van der Waals surface area contributed by atoms with Crippen molar-refractivity contribution in [3.05, 3.63) is 52.8 Å². The number of hydrogen-bond donors (Lipinski definition) is 1. The van der Waals surface area contributed by atoms with Crippen molar-refractivity contribution in [3.8, 4) is 0 Å². The number of hydrogen-bond acceptors (Lipinski definition) is 5. The van der Waals surface area contributed by atoms with Crippen molar-refractivity contribution in [2.75, 3.05) is 5.73 Å². The van der Waals surface area contributed by atoms with Gasteiger partial charge in [0.25, 0.3) is 0 Å². The zero-order valence-electron chi connectivity index (χ0n) is 10.00. The van der Waals surface area contributed by atoms with Crippen molar-refractivity contribution < 1.29 is 0 Å². The summed E-state index contributed by atoms with van der Waals surface area (Å²) in [6, 6.07) is 10.5. The van der Waals surface area contributed by atoms with E-state index in [2.05, 4.69) is 33.2 Å². The van der Waals surface area contributed by atoms with E-state index in [4.69, 9.17) is 5.73 Å². The zero-order chi connectivity index (χ0) is 12.8. The molecule has 0 aliphatic carbocycles. The first-order valence-electron chi connectivity index (χ1n) is 5.96. The van der Waals surface area contributed by atoms with Crippen LogP contribution < -0.4 is 5.73 Å². The van der Waals surface area contributed by atoms with Gasteiger partial charge in [-0.3, -0.25) is 4.99 Å². The smallest absolute Gasteiger partial charge is 0.136 e. The summed E-state index contributed by atoms with van der Waals surface area (Å²) in [4.78, 5) is 14.0. The van der Waals surface area contributed by atoms with E-state index in [-0.39, 0.29) is 0 Å². The zero-order valence-corrected chi connectivity index (χ0v) is 10.8. The lowest BCUT2D eigenvalue weighted by atomic mass is 10.1. The van der Waals surface area contributed by atoms with Gasteiger partial charge in [-0.05, 0) is 17.5 Å². The monoisotopic (exact) mass is 266 g/mol. The van der Waals surface area contributed by atoms with Crippen LogP contribution in [0.1, 0.15) is 16.1 Å². The molecule has 3 heterocycles. The fourth-order valence-electron chi connectivity index (χ4n) is 2.35. The molecule has 0 bridgehead atoms. The molecule has 3 aromatic rings. The molecule has 1 aromatic carbocycles. The van der Waals surface area contributed by atoms with Crippen LogP contribution in [-0.4, -0.2) is 15.7 Å². The summed E-state index contributed by atoms with van der Waals surface area (Å²) in [5.41, 5.74) is 8.71. The van der Waals surface area contributed by atoms with E-state index < -0.39 is 0 Å². The van der Waals surface area contributed by atoms with Crippen molar-refractivity contribution >= 4 is 33.0 Å². The fourth-order valence-corrected chi connectivity index (χ4v) is 3.43. The molecule has 2 N–H and O–H groups in total. The molecule has 0 radical (unpaired) electrons. The van der Waals surface area contributed by atoms with Crippen LogP contribution in [0.3, 0.4) is 0 Å². The van der Waals surface area contributed by atoms with Crippen LogP contribution in [0.25, 0.3) is 10.1 Å². The van der Waals surface area contributed by atoms with Gasteiger partial charge in [-0.25, -0.2) is 9.97 Å². The van der Waals surface area contributed by atoms with E-state index >= 15 is 0 Å². The molecule has 4 rings (SSSR count). The maximum absolute atomic E-state index is 5.97. The van der Waals surface area contributed by atoms with Crippen LogP contribution in [0.5, 0.6) is 0 Å². The molecular formula is C14H10N4S. The maximum atomic E-state index is 5.97. The summed E-state index contributed by atoms with van der Waals surface area (Å²) in [5, 5.41) is 1.23. The van der Waals surface area contributed by atoms with Crippen LogP contribution in [-0.2, 0) is 6.54 Å². The standard InChI is InChI=1S/C14H10N4S/c15-14-12-9(17-7-18-14)6-16-13(12)11-5-8-3-1-2-4-10(8)19-11/h1-5,7H,6H2,(H2,15,17,18). The number of anilines is 1. The second-order valence-corrected chi connectivity index (χ2v) is 5.48. The quantitative estimate of drug-likeness (QED) is 0.736. The highest BCUT2D eigenvalue weighted by atomic mass is 32.1. The largest absolute Gasteiger partial charge is 0.383 e. The van der Waals surface area contributed by atoms with Gasteiger partial charge >= 0.3 is 0 Å². The van der Waals surface area contributed by atoms with E-state index in [1.807, 2.05) is 12.1 Å². The molecule has 92 valence electrons. The highest BCUT2D eigenvalue weighted by molar-refractivity contribution is 7.21. The van der Waals surface area contributed by atoms with Crippen molar-refractivity contribution in [3.63, 3.8) is 0 Å². The summed E-state index contributed by atoms with van der Waals surface area (Å²) >= 11 is 1.72. The molecule has 19 heavy (non-hydrogen) atoms. The highest BCUT2D eigenvalue weighted by Crippen LogP contribution is 2.32. The topological polar surface area (TPSA) is 64.2 Å². The second-order valence-electron chi connectivity index (χ2n) is 4.39. The first-order valence-corrected chi connectivity index (χ1v) is 6.78.